The number of methoxy groups -OCH3 is 1. The van der Waals surface area contributed by atoms with E-state index in [4.69, 9.17) is 0 Å². The molecule has 0 aliphatic carbocycles. The number of aromatic nitrogens is 1. The molecule has 1 heterocycles. The maximum atomic E-state index is 12.2. The highest BCUT2D eigenvalue weighted by Crippen LogP contribution is 2.21. The van der Waals surface area contributed by atoms with E-state index in [0.717, 1.165) is 5.69 Å². The summed E-state index contributed by atoms with van der Waals surface area (Å²) in [6.07, 6.45) is 0.0974. The van der Waals surface area contributed by atoms with E-state index in [-0.39, 0.29) is 30.3 Å². The summed E-state index contributed by atoms with van der Waals surface area (Å²) in [4.78, 5) is 11.4. The first-order valence-electron chi connectivity index (χ1n) is 8.29. The highest BCUT2D eigenvalue weighted by molar-refractivity contribution is 7.89. The molecular formula is C18H24N2O5S. The van der Waals surface area contributed by atoms with Gasteiger partial charge < -0.3 is 14.4 Å². The number of nitrogens with zero attached hydrogens (tertiary/aromatic N) is 1. The lowest BCUT2D eigenvalue weighted by Crippen LogP contribution is -2.26. The third kappa shape index (κ3) is 5.17. The maximum Gasteiger partial charge on any atom is 0.305 e. The number of hydrogen-bond acceptors (Lipinski definition) is 5. The number of hydrogen-bond donors (Lipinski definition) is 2. The van der Waals surface area contributed by atoms with Crippen LogP contribution in [-0.4, -0.2) is 37.7 Å². The SMILES string of the molecule is COC(=O)CCC(O)c1ccc(CCNS(=O)(=O)c2ccccc2)n1C. The molecule has 142 valence electrons. The van der Waals surface area contributed by atoms with Gasteiger partial charge in [0.2, 0.25) is 10.0 Å². The van der Waals surface area contributed by atoms with Crippen molar-refractivity contribution in [3.05, 3.63) is 53.9 Å². The zero-order chi connectivity index (χ0) is 19.2. The number of carbonyl (C=O) groups is 1. The van der Waals surface area contributed by atoms with E-state index in [2.05, 4.69) is 9.46 Å². The zero-order valence-electron chi connectivity index (χ0n) is 14.9. The third-order valence-corrected chi connectivity index (χ3v) is 5.66. The number of aliphatic hydroxyl groups excluding tert-OH is 1. The molecule has 0 bridgehead atoms. The van der Waals surface area contributed by atoms with E-state index in [1.807, 2.05) is 10.6 Å². The molecule has 1 unspecified atom stereocenters. The summed E-state index contributed by atoms with van der Waals surface area (Å²) < 4.78 is 33.4. The van der Waals surface area contributed by atoms with Crippen LogP contribution in [0.2, 0.25) is 0 Å². The number of carbonyl (C=O) groups excluding carboxylic acids is 1. The Labute approximate surface area is 153 Å². The lowest BCUT2D eigenvalue weighted by molar-refractivity contribution is -0.141. The molecule has 0 amide bonds. The van der Waals surface area contributed by atoms with E-state index in [1.54, 1.807) is 43.4 Å². The third-order valence-electron chi connectivity index (χ3n) is 4.18. The van der Waals surface area contributed by atoms with E-state index < -0.39 is 16.1 Å². The standard InChI is InChI=1S/C18H24N2O5S/c1-20-14(8-9-16(20)17(21)10-11-18(22)25-2)12-13-19-26(23,24)15-6-4-3-5-7-15/h3-9,17,19,21H,10-13H2,1-2H3. The summed E-state index contributed by atoms with van der Waals surface area (Å²) in [6, 6.07) is 11.8. The van der Waals surface area contributed by atoms with Gasteiger partial charge in [0.25, 0.3) is 0 Å². The van der Waals surface area contributed by atoms with Crippen LogP contribution in [0, 0.1) is 0 Å². The fourth-order valence-electron chi connectivity index (χ4n) is 2.66. The molecule has 0 spiro atoms. The van der Waals surface area contributed by atoms with Crippen LogP contribution in [-0.2, 0) is 33.0 Å². The molecule has 7 nitrogen and oxygen atoms in total. The van der Waals surface area contributed by atoms with Crippen LogP contribution in [0.25, 0.3) is 0 Å². The Morgan fingerprint density at radius 2 is 1.92 bits per heavy atom. The number of nitrogens with one attached hydrogen (secondary N) is 1. The molecule has 0 fully saturated rings. The molecule has 0 aliphatic rings. The van der Waals surface area contributed by atoms with Crippen molar-refractivity contribution in [3.63, 3.8) is 0 Å². The number of benzene rings is 1. The molecule has 1 atom stereocenters. The second-order valence-corrected chi connectivity index (χ2v) is 7.67. The monoisotopic (exact) mass is 380 g/mol. The van der Waals surface area contributed by atoms with E-state index >= 15 is 0 Å². The summed E-state index contributed by atoms with van der Waals surface area (Å²) in [7, 11) is -0.419. The van der Waals surface area contributed by atoms with Gasteiger partial charge in [-0.15, -0.1) is 0 Å². The van der Waals surface area contributed by atoms with Crippen LogP contribution in [0.5, 0.6) is 0 Å². The van der Waals surface area contributed by atoms with Crippen LogP contribution in [0.3, 0.4) is 0 Å². The molecular weight excluding hydrogens is 356 g/mol. The minimum Gasteiger partial charge on any atom is -0.469 e. The van der Waals surface area contributed by atoms with Crippen molar-refractivity contribution < 1.29 is 23.1 Å². The Morgan fingerprint density at radius 3 is 2.58 bits per heavy atom. The first kappa shape index (κ1) is 20.2. The van der Waals surface area contributed by atoms with Crippen LogP contribution < -0.4 is 4.72 Å². The highest BCUT2D eigenvalue weighted by Gasteiger charge is 2.16. The number of rotatable bonds is 9. The van der Waals surface area contributed by atoms with Crippen molar-refractivity contribution in [2.75, 3.05) is 13.7 Å². The van der Waals surface area contributed by atoms with Crippen LogP contribution in [0.4, 0.5) is 0 Å². The van der Waals surface area contributed by atoms with Gasteiger partial charge in [0.1, 0.15) is 0 Å². The van der Waals surface area contributed by atoms with Crippen molar-refractivity contribution in [2.24, 2.45) is 7.05 Å². The van der Waals surface area contributed by atoms with Crippen molar-refractivity contribution in [3.8, 4) is 0 Å². The Hall–Kier alpha value is -2.16. The molecule has 0 aliphatic heterocycles. The fourth-order valence-corrected chi connectivity index (χ4v) is 3.71. The smallest absolute Gasteiger partial charge is 0.305 e. The average Bonchev–Trinajstić information content (AvgIpc) is 3.00. The summed E-state index contributed by atoms with van der Waals surface area (Å²) >= 11 is 0. The van der Waals surface area contributed by atoms with Crippen molar-refractivity contribution in [2.45, 2.75) is 30.3 Å². The van der Waals surface area contributed by atoms with Crippen molar-refractivity contribution in [1.29, 1.82) is 0 Å². The quantitative estimate of drug-likeness (QED) is 0.643. The largest absolute Gasteiger partial charge is 0.469 e. The van der Waals surface area contributed by atoms with Gasteiger partial charge in [-0.25, -0.2) is 13.1 Å². The molecule has 2 rings (SSSR count). The topological polar surface area (TPSA) is 97.6 Å². The average molecular weight is 380 g/mol. The molecule has 0 saturated carbocycles. The lowest BCUT2D eigenvalue weighted by Gasteiger charge is -2.13. The Bertz CT molecular complexity index is 831. The second kappa shape index (κ2) is 8.98. The zero-order valence-corrected chi connectivity index (χ0v) is 15.7. The normalized spacial score (nSPS) is 12.7. The first-order chi connectivity index (χ1) is 12.3. The number of esters is 1. The van der Waals surface area contributed by atoms with E-state index in [0.29, 0.717) is 12.1 Å². The lowest BCUT2D eigenvalue weighted by atomic mass is 10.1. The minimum absolute atomic E-state index is 0.134. The molecule has 2 aromatic rings. The van der Waals surface area contributed by atoms with Crippen LogP contribution in [0.1, 0.15) is 30.3 Å². The molecule has 26 heavy (non-hydrogen) atoms. The van der Waals surface area contributed by atoms with Gasteiger partial charge in [-0.2, -0.15) is 0 Å². The fraction of sp³-hybridized carbons (Fsp3) is 0.389. The molecule has 8 heteroatoms. The second-order valence-electron chi connectivity index (χ2n) is 5.90. The van der Waals surface area contributed by atoms with Gasteiger partial charge in [-0.05, 0) is 30.7 Å². The summed E-state index contributed by atoms with van der Waals surface area (Å²) in [6.45, 7) is 0.243. The van der Waals surface area contributed by atoms with Gasteiger partial charge in [-0.1, -0.05) is 18.2 Å². The predicted octanol–water partition coefficient (Wildman–Crippen LogP) is 1.53. The van der Waals surface area contributed by atoms with Crippen LogP contribution >= 0.6 is 0 Å². The molecule has 0 saturated heterocycles. The van der Waals surface area contributed by atoms with Gasteiger partial charge in [0.05, 0.1) is 18.1 Å². The summed E-state index contributed by atoms with van der Waals surface area (Å²) in [5.41, 5.74) is 1.56. The Balaban J connectivity index is 1.93. The van der Waals surface area contributed by atoms with E-state index in [1.165, 1.54) is 7.11 Å². The predicted molar refractivity (Wildman–Crippen MR) is 97.0 cm³/mol. The Kier molecular flexibility index (Phi) is 6.96. The number of ether oxygens (including phenoxy) is 1. The van der Waals surface area contributed by atoms with Gasteiger partial charge in [-0.3, -0.25) is 4.79 Å². The first-order valence-corrected chi connectivity index (χ1v) is 9.77. The molecule has 0 radical (unpaired) electrons. The number of sulfonamides is 1. The van der Waals surface area contributed by atoms with Gasteiger partial charge in [0, 0.05) is 37.8 Å². The molecule has 1 aromatic carbocycles. The van der Waals surface area contributed by atoms with Gasteiger partial charge >= 0.3 is 5.97 Å². The maximum absolute atomic E-state index is 12.2. The Morgan fingerprint density at radius 1 is 1.23 bits per heavy atom. The van der Waals surface area contributed by atoms with Crippen LogP contribution in [0.15, 0.2) is 47.4 Å². The number of aliphatic hydroxyl groups is 1. The van der Waals surface area contributed by atoms with Crippen molar-refractivity contribution >= 4 is 16.0 Å². The minimum atomic E-state index is -3.53. The summed E-state index contributed by atoms with van der Waals surface area (Å²) in [5, 5.41) is 10.2. The highest BCUT2D eigenvalue weighted by atomic mass is 32.2. The van der Waals surface area contributed by atoms with E-state index in [9.17, 15) is 18.3 Å². The summed E-state index contributed by atoms with van der Waals surface area (Å²) in [5.74, 6) is -0.367. The molecule has 2 N–H and O–H groups in total. The van der Waals surface area contributed by atoms with Gasteiger partial charge in [0.15, 0.2) is 0 Å². The molecule has 1 aromatic heterocycles. The van der Waals surface area contributed by atoms with Crippen molar-refractivity contribution in [1.82, 2.24) is 9.29 Å².